The molecule has 1 aromatic carbocycles. The van der Waals surface area contributed by atoms with Crippen LogP contribution in [0.2, 0.25) is 0 Å². The quantitative estimate of drug-likeness (QED) is 0.845. The van der Waals surface area contributed by atoms with E-state index in [2.05, 4.69) is 10.3 Å². The highest BCUT2D eigenvalue weighted by molar-refractivity contribution is 5.75. The topological polar surface area (TPSA) is 76.4 Å². The predicted molar refractivity (Wildman–Crippen MR) is 70.9 cm³/mol. The summed E-state index contributed by atoms with van der Waals surface area (Å²) >= 11 is 0. The van der Waals surface area contributed by atoms with Gasteiger partial charge in [-0.25, -0.2) is 9.78 Å². The molecule has 1 heterocycles. The highest BCUT2D eigenvalue weighted by Gasteiger charge is 2.07. The molecular weight excluding hydrogens is 246 g/mol. The van der Waals surface area contributed by atoms with Gasteiger partial charge in [0.1, 0.15) is 12.4 Å². The number of hydrogen-bond donors (Lipinski definition) is 2. The van der Waals surface area contributed by atoms with Crippen molar-refractivity contribution < 1.29 is 14.6 Å². The first-order valence-electron chi connectivity index (χ1n) is 6.15. The molecule has 19 heavy (non-hydrogen) atoms. The average molecular weight is 263 g/mol. The van der Waals surface area contributed by atoms with Crippen LogP contribution < -0.4 is 5.32 Å². The summed E-state index contributed by atoms with van der Waals surface area (Å²) in [6, 6.07) is 7.87. The number of imidazole rings is 1. The molecule has 2 aromatic rings. The SMILES string of the molecule is Cc1nc2ccccc2n1CCNC(=O)OCCO. The van der Waals surface area contributed by atoms with E-state index in [1.165, 1.54) is 0 Å². The van der Waals surface area contributed by atoms with Crippen LogP contribution in [0.25, 0.3) is 11.0 Å². The maximum absolute atomic E-state index is 11.2. The Bertz CT molecular complexity index is 565. The zero-order valence-corrected chi connectivity index (χ0v) is 10.8. The average Bonchev–Trinajstić information content (AvgIpc) is 2.73. The van der Waals surface area contributed by atoms with Crippen LogP contribution >= 0.6 is 0 Å². The molecular formula is C13H17N3O3. The number of nitrogens with zero attached hydrogens (tertiary/aromatic N) is 2. The van der Waals surface area contributed by atoms with Crippen LogP contribution in [0.15, 0.2) is 24.3 Å². The number of alkyl carbamates (subject to hydrolysis) is 1. The Morgan fingerprint density at radius 3 is 3.05 bits per heavy atom. The number of rotatable bonds is 5. The Kier molecular flexibility index (Phi) is 4.35. The maximum atomic E-state index is 11.2. The number of aliphatic hydroxyl groups excluding tert-OH is 1. The normalized spacial score (nSPS) is 10.6. The third-order valence-electron chi connectivity index (χ3n) is 2.77. The molecule has 0 atom stereocenters. The summed E-state index contributed by atoms with van der Waals surface area (Å²) in [5, 5.41) is 11.2. The van der Waals surface area contributed by atoms with Gasteiger partial charge in [0.05, 0.1) is 17.6 Å². The number of carbonyl (C=O) groups is 1. The smallest absolute Gasteiger partial charge is 0.407 e. The number of ether oxygens (including phenoxy) is 1. The van der Waals surface area contributed by atoms with E-state index in [0.29, 0.717) is 13.1 Å². The van der Waals surface area contributed by atoms with Crippen LogP contribution in [0.3, 0.4) is 0 Å². The third-order valence-corrected chi connectivity index (χ3v) is 2.77. The van der Waals surface area contributed by atoms with Crippen LogP contribution in [0.4, 0.5) is 4.79 Å². The number of carbonyl (C=O) groups excluding carboxylic acids is 1. The summed E-state index contributed by atoms with van der Waals surface area (Å²) in [6.45, 7) is 2.85. The molecule has 2 rings (SSSR count). The van der Waals surface area contributed by atoms with Crippen LogP contribution in [-0.4, -0.2) is 40.5 Å². The molecule has 6 heteroatoms. The van der Waals surface area contributed by atoms with Gasteiger partial charge in [0.25, 0.3) is 0 Å². The van der Waals surface area contributed by atoms with Gasteiger partial charge in [0, 0.05) is 13.1 Å². The van der Waals surface area contributed by atoms with Gasteiger partial charge in [-0.05, 0) is 19.1 Å². The van der Waals surface area contributed by atoms with Gasteiger partial charge in [-0.2, -0.15) is 0 Å². The first-order chi connectivity index (χ1) is 9.22. The first kappa shape index (κ1) is 13.4. The van der Waals surface area contributed by atoms with Crippen LogP contribution in [-0.2, 0) is 11.3 Å². The van der Waals surface area contributed by atoms with E-state index in [1.54, 1.807) is 0 Å². The molecule has 0 unspecified atom stereocenters. The summed E-state index contributed by atoms with van der Waals surface area (Å²) in [5.74, 6) is 0.909. The van der Waals surface area contributed by atoms with E-state index in [4.69, 9.17) is 9.84 Å². The number of para-hydroxylation sites is 2. The molecule has 1 amide bonds. The first-order valence-corrected chi connectivity index (χ1v) is 6.15. The van der Waals surface area contributed by atoms with E-state index < -0.39 is 6.09 Å². The molecule has 102 valence electrons. The molecule has 0 saturated heterocycles. The molecule has 1 aromatic heterocycles. The van der Waals surface area contributed by atoms with Crippen molar-refractivity contribution in [1.29, 1.82) is 0 Å². The summed E-state index contributed by atoms with van der Waals surface area (Å²) in [6.07, 6.45) is -0.517. The number of hydrogen-bond acceptors (Lipinski definition) is 4. The van der Waals surface area contributed by atoms with Crippen LogP contribution in [0, 0.1) is 6.92 Å². The van der Waals surface area contributed by atoms with Crippen molar-refractivity contribution in [3.05, 3.63) is 30.1 Å². The van der Waals surface area contributed by atoms with Gasteiger partial charge < -0.3 is 19.7 Å². The van der Waals surface area contributed by atoms with Gasteiger partial charge in [-0.15, -0.1) is 0 Å². The maximum Gasteiger partial charge on any atom is 0.407 e. The lowest BCUT2D eigenvalue weighted by Gasteiger charge is -2.08. The predicted octanol–water partition coefficient (Wildman–Crippen LogP) is 1.06. The Morgan fingerprint density at radius 1 is 1.47 bits per heavy atom. The second-order valence-corrected chi connectivity index (χ2v) is 4.09. The number of nitrogens with one attached hydrogen (secondary N) is 1. The summed E-state index contributed by atoms with van der Waals surface area (Å²) in [5.41, 5.74) is 1.99. The second kappa shape index (κ2) is 6.19. The molecule has 0 saturated carbocycles. The lowest BCUT2D eigenvalue weighted by molar-refractivity contribution is 0.119. The minimum absolute atomic E-state index is 0.0128. The standard InChI is InChI=1S/C13H17N3O3/c1-10-15-11-4-2-3-5-12(11)16(10)7-6-14-13(18)19-9-8-17/h2-5,17H,6-9H2,1H3,(H,14,18). The molecule has 0 bridgehead atoms. The molecule has 6 nitrogen and oxygen atoms in total. The van der Waals surface area contributed by atoms with Gasteiger partial charge in [-0.1, -0.05) is 12.1 Å². The lowest BCUT2D eigenvalue weighted by atomic mass is 10.3. The Morgan fingerprint density at radius 2 is 2.26 bits per heavy atom. The number of fused-ring (bicyclic) bond motifs is 1. The molecule has 0 aliphatic carbocycles. The largest absolute Gasteiger partial charge is 0.447 e. The Labute approximate surface area is 111 Å². The number of aryl methyl sites for hydroxylation is 1. The van der Waals surface area contributed by atoms with Crippen LogP contribution in [0.5, 0.6) is 0 Å². The monoisotopic (exact) mass is 263 g/mol. The fourth-order valence-corrected chi connectivity index (χ4v) is 1.94. The highest BCUT2D eigenvalue weighted by atomic mass is 16.6. The molecule has 2 N–H and O–H groups in total. The Balaban J connectivity index is 1.94. The number of aromatic nitrogens is 2. The van der Waals surface area contributed by atoms with Gasteiger partial charge in [0.2, 0.25) is 0 Å². The van der Waals surface area contributed by atoms with E-state index in [-0.39, 0.29) is 13.2 Å². The molecule has 0 aliphatic rings. The van der Waals surface area contributed by atoms with Crippen molar-refractivity contribution >= 4 is 17.1 Å². The van der Waals surface area contributed by atoms with Gasteiger partial charge in [-0.3, -0.25) is 0 Å². The minimum Gasteiger partial charge on any atom is -0.447 e. The summed E-state index contributed by atoms with van der Waals surface area (Å²) in [4.78, 5) is 15.7. The summed E-state index contributed by atoms with van der Waals surface area (Å²) in [7, 11) is 0. The molecule has 0 radical (unpaired) electrons. The zero-order chi connectivity index (χ0) is 13.7. The molecule has 0 fully saturated rings. The van der Waals surface area contributed by atoms with E-state index in [1.807, 2.05) is 35.8 Å². The van der Waals surface area contributed by atoms with E-state index in [9.17, 15) is 4.79 Å². The fourth-order valence-electron chi connectivity index (χ4n) is 1.94. The van der Waals surface area contributed by atoms with Gasteiger partial charge in [0.15, 0.2) is 0 Å². The third kappa shape index (κ3) is 3.23. The van der Waals surface area contributed by atoms with Gasteiger partial charge >= 0.3 is 6.09 Å². The number of aliphatic hydroxyl groups is 1. The van der Waals surface area contributed by atoms with Crippen molar-refractivity contribution in [2.24, 2.45) is 0 Å². The van der Waals surface area contributed by atoms with Crippen molar-refractivity contribution in [1.82, 2.24) is 14.9 Å². The highest BCUT2D eigenvalue weighted by Crippen LogP contribution is 2.14. The molecule has 0 spiro atoms. The molecule has 0 aliphatic heterocycles. The van der Waals surface area contributed by atoms with Crippen molar-refractivity contribution in [2.75, 3.05) is 19.8 Å². The van der Waals surface area contributed by atoms with Crippen molar-refractivity contribution in [3.8, 4) is 0 Å². The zero-order valence-electron chi connectivity index (χ0n) is 10.8. The number of benzene rings is 1. The minimum atomic E-state index is -0.517. The lowest BCUT2D eigenvalue weighted by Crippen LogP contribution is -2.28. The van der Waals surface area contributed by atoms with Crippen molar-refractivity contribution in [3.63, 3.8) is 0 Å². The van der Waals surface area contributed by atoms with Crippen LogP contribution in [0.1, 0.15) is 5.82 Å². The van der Waals surface area contributed by atoms with Crippen molar-refractivity contribution in [2.45, 2.75) is 13.5 Å². The van der Waals surface area contributed by atoms with E-state index >= 15 is 0 Å². The fraction of sp³-hybridized carbons (Fsp3) is 0.385. The Hall–Kier alpha value is -2.08. The number of amides is 1. The van der Waals surface area contributed by atoms with E-state index in [0.717, 1.165) is 16.9 Å². The summed E-state index contributed by atoms with van der Waals surface area (Å²) < 4.78 is 6.75. The second-order valence-electron chi connectivity index (χ2n) is 4.09.